The maximum Gasteiger partial charge on any atom is 0.331 e. The molecule has 0 spiro atoms. The number of hydrogen-bond acceptors (Lipinski definition) is 7. The van der Waals surface area contributed by atoms with Crippen LogP contribution in [0.1, 0.15) is 0 Å². The van der Waals surface area contributed by atoms with Crippen molar-refractivity contribution in [3.8, 4) is 11.6 Å². The molecule has 0 radical (unpaired) electrons. The molecular formula is C12H12N4O3S. The number of ether oxygens (including phenoxy) is 1. The zero-order valence-electron chi connectivity index (χ0n) is 10.6. The predicted molar refractivity (Wildman–Crippen MR) is 77.0 cm³/mol. The van der Waals surface area contributed by atoms with Gasteiger partial charge in [0.15, 0.2) is 0 Å². The lowest BCUT2D eigenvalue weighted by atomic mass is 10.3. The number of pyridine rings is 1. The fourth-order valence-corrected chi connectivity index (χ4v) is 1.89. The van der Waals surface area contributed by atoms with Crippen molar-refractivity contribution in [2.45, 2.75) is 4.90 Å². The van der Waals surface area contributed by atoms with Crippen LogP contribution in [0.5, 0.6) is 11.6 Å². The maximum atomic E-state index is 10.9. The fourth-order valence-electron chi connectivity index (χ4n) is 1.48. The van der Waals surface area contributed by atoms with E-state index in [1.54, 1.807) is 23.9 Å². The average Bonchev–Trinajstić information content (AvgIpc) is 2.47. The van der Waals surface area contributed by atoms with E-state index >= 15 is 0 Å². The van der Waals surface area contributed by atoms with Crippen molar-refractivity contribution < 1.29 is 9.66 Å². The van der Waals surface area contributed by atoms with Crippen LogP contribution in [0.25, 0.3) is 0 Å². The van der Waals surface area contributed by atoms with Gasteiger partial charge in [-0.1, -0.05) is 0 Å². The Balaban J connectivity index is 2.32. The molecule has 7 nitrogen and oxygen atoms in total. The van der Waals surface area contributed by atoms with E-state index in [-0.39, 0.29) is 17.4 Å². The molecule has 3 N–H and O–H groups in total. The summed E-state index contributed by atoms with van der Waals surface area (Å²) < 4.78 is 5.46. The van der Waals surface area contributed by atoms with Gasteiger partial charge in [0.05, 0.1) is 4.92 Å². The number of thioether (sulfide) groups is 1. The Labute approximate surface area is 119 Å². The van der Waals surface area contributed by atoms with Crippen LogP contribution in [0.15, 0.2) is 41.3 Å². The van der Waals surface area contributed by atoms with Crippen molar-refractivity contribution in [1.29, 1.82) is 0 Å². The Hall–Kier alpha value is -2.32. The van der Waals surface area contributed by atoms with E-state index in [1.807, 2.05) is 18.4 Å². The molecule has 0 aliphatic carbocycles. The van der Waals surface area contributed by atoms with E-state index in [0.717, 1.165) is 4.90 Å². The fraction of sp³-hybridized carbons (Fsp3) is 0.0833. The summed E-state index contributed by atoms with van der Waals surface area (Å²) in [6.45, 7) is 0. The Bertz CT molecular complexity index is 619. The minimum atomic E-state index is -0.557. The summed E-state index contributed by atoms with van der Waals surface area (Å²) >= 11 is 1.59. The zero-order valence-corrected chi connectivity index (χ0v) is 11.4. The summed E-state index contributed by atoms with van der Waals surface area (Å²) in [5, 5.41) is 10.9. The van der Waals surface area contributed by atoms with E-state index < -0.39 is 4.92 Å². The Morgan fingerprint density at radius 3 is 2.55 bits per heavy atom. The van der Waals surface area contributed by atoms with Gasteiger partial charge in [-0.15, -0.1) is 11.8 Å². The summed E-state index contributed by atoms with van der Waals surface area (Å²) in [6.07, 6.45) is 1.96. The van der Waals surface area contributed by atoms with Crippen LogP contribution in [0.2, 0.25) is 0 Å². The van der Waals surface area contributed by atoms with Crippen molar-refractivity contribution in [2.75, 3.05) is 11.7 Å². The van der Waals surface area contributed by atoms with Gasteiger partial charge >= 0.3 is 11.6 Å². The summed E-state index contributed by atoms with van der Waals surface area (Å²) in [5.74, 6) is 5.88. The lowest BCUT2D eigenvalue weighted by molar-refractivity contribution is -0.386. The first-order valence-electron chi connectivity index (χ1n) is 5.58. The van der Waals surface area contributed by atoms with E-state index in [9.17, 15) is 10.1 Å². The number of nitrogens with one attached hydrogen (secondary N) is 1. The van der Waals surface area contributed by atoms with Gasteiger partial charge in [0.2, 0.25) is 0 Å². The minimum absolute atomic E-state index is 0.109. The predicted octanol–water partition coefficient (Wildman–Crippen LogP) is 2.79. The summed E-state index contributed by atoms with van der Waals surface area (Å²) in [4.78, 5) is 15.4. The van der Waals surface area contributed by atoms with Gasteiger partial charge in [0.1, 0.15) is 11.6 Å². The second kappa shape index (κ2) is 6.22. The van der Waals surface area contributed by atoms with Crippen molar-refractivity contribution in [3.63, 3.8) is 0 Å². The topological polar surface area (TPSA) is 103 Å². The number of benzene rings is 1. The molecule has 104 valence electrons. The van der Waals surface area contributed by atoms with E-state index in [0.29, 0.717) is 5.75 Å². The molecule has 0 fully saturated rings. The van der Waals surface area contributed by atoms with Gasteiger partial charge in [0.25, 0.3) is 0 Å². The lowest BCUT2D eigenvalue weighted by Gasteiger charge is -2.07. The number of nitro groups is 1. The molecule has 1 aromatic heterocycles. The second-order valence-corrected chi connectivity index (χ2v) is 4.58. The third-order valence-electron chi connectivity index (χ3n) is 2.46. The third-order valence-corrected chi connectivity index (χ3v) is 3.20. The van der Waals surface area contributed by atoms with Gasteiger partial charge in [-0.2, -0.15) is 4.98 Å². The number of hydrogen-bond donors (Lipinski definition) is 2. The first kappa shape index (κ1) is 14.1. The van der Waals surface area contributed by atoms with Gasteiger partial charge in [-0.25, -0.2) is 5.84 Å². The van der Waals surface area contributed by atoms with Crippen molar-refractivity contribution in [1.82, 2.24) is 4.98 Å². The highest BCUT2D eigenvalue weighted by Crippen LogP contribution is 2.31. The molecule has 0 aliphatic heterocycles. The largest absolute Gasteiger partial charge is 0.434 e. The van der Waals surface area contributed by atoms with Crippen molar-refractivity contribution >= 4 is 23.3 Å². The number of anilines is 1. The molecule has 0 amide bonds. The van der Waals surface area contributed by atoms with Crippen LogP contribution >= 0.6 is 11.8 Å². The van der Waals surface area contributed by atoms with Crippen LogP contribution in [0.3, 0.4) is 0 Å². The SMILES string of the molecule is CSc1ccc(Oc2nc(NN)ccc2[N+](=O)[O-])cc1. The van der Waals surface area contributed by atoms with Gasteiger partial charge in [-0.3, -0.25) is 10.1 Å². The molecule has 1 aromatic carbocycles. The summed E-state index contributed by atoms with van der Waals surface area (Å²) in [6, 6.07) is 9.85. The summed E-state index contributed by atoms with van der Waals surface area (Å²) in [7, 11) is 0. The van der Waals surface area contributed by atoms with E-state index in [4.69, 9.17) is 10.6 Å². The standard InChI is InChI=1S/C12H12N4O3S/c1-20-9-4-2-8(3-5-9)19-12-10(16(17)18)6-7-11(14-12)15-13/h2-7H,13H2,1H3,(H,14,15). The Morgan fingerprint density at radius 2 is 2.00 bits per heavy atom. The summed E-state index contributed by atoms with van der Waals surface area (Å²) in [5.41, 5.74) is 2.10. The van der Waals surface area contributed by atoms with Gasteiger partial charge < -0.3 is 10.2 Å². The number of nitrogen functional groups attached to an aromatic ring is 1. The molecule has 0 saturated heterocycles. The van der Waals surface area contributed by atoms with Gasteiger partial charge in [0, 0.05) is 11.0 Å². The van der Waals surface area contributed by atoms with Gasteiger partial charge in [-0.05, 0) is 36.6 Å². The number of nitrogens with two attached hydrogens (primary N) is 1. The highest BCUT2D eigenvalue weighted by atomic mass is 32.2. The molecule has 20 heavy (non-hydrogen) atoms. The smallest absolute Gasteiger partial charge is 0.331 e. The highest BCUT2D eigenvalue weighted by Gasteiger charge is 2.18. The normalized spacial score (nSPS) is 10.1. The number of aromatic nitrogens is 1. The minimum Gasteiger partial charge on any atom is -0.434 e. The molecule has 0 bridgehead atoms. The van der Waals surface area contributed by atoms with Crippen LogP contribution in [-0.4, -0.2) is 16.2 Å². The van der Waals surface area contributed by atoms with Crippen molar-refractivity contribution in [3.05, 3.63) is 46.5 Å². The van der Waals surface area contributed by atoms with E-state index in [2.05, 4.69) is 10.4 Å². The molecule has 2 aromatic rings. The first-order chi connectivity index (χ1) is 9.63. The average molecular weight is 292 g/mol. The molecule has 0 unspecified atom stereocenters. The van der Waals surface area contributed by atoms with Crippen LogP contribution in [0, 0.1) is 10.1 Å². The molecule has 8 heteroatoms. The van der Waals surface area contributed by atoms with Crippen LogP contribution in [0.4, 0.5) is 11.5 Å². The first-order valence-corrected chi connectivity index (χ1v) is 6.80. The lowest BCUT2D eigenvalue weighted by Crippen LogP contribution is -2.09. The quantitative estimate of drug-likeness (QED) is 0.378. The Kier molecular flexibility index (Phi) is 4.38. The highest BCUT2D eigenvalue weighted by molar-refractivity contribution is 7.98. The molecule has 1 heterocycles. The molecule has 0 atom stereocenters. The number of rotatable bonds is 5. The number of hydrazine groups is 1. The monoisotopic (exact) mass is 292 g/mol. The second-order valence-electron chi connectivity index (χ2n) is 3.70. The molecule has 2 rings (SSSR count). The van der Waals surface area contributed by atoms with E-state index in [1.165, 1.54) is 12.1 Å². The number of nitrogens with zero attached hydrogens (tertiary/aromatic N) is 2. The molecule has 0 saturated carbocycles. The zero-order chi connectivity index (χ0) is 14.5. The molecular weight excluding hydrogens is 280 g/mol. The van der Waals surface area contributed by atoms with Crippen molar-refractivity contribution in [2.24, 2.45) is 5.84 Å². The van der Waals surface area contributed by atoms with Crippen LogP contribution < -0.4 is 16.0 Å². The Morgan fingerprint density at radius 1 is 1.30 bits per heavy atom. The molecule has 0 aliphatic rings. The maximum absolute atomic E-state index is 10.9. The third kappa shape index (κ3) is 3.16. The van der Waals surface area contributed by atoms with Crippen LogP contribution in [-0.2, 0) is 0 Å².